The Labute approximate surface area is 98.9 Å². The minimum atomic E-state index is -3.52. The predicted octanol–water partition coefficient (Wildman–Crippen LogP) is -1.72. The van der Waals surface area contributed by atoms with Gasteiger partial charge in [-0.25, -0.2) is 8.42 Å². The molecule has 1 rings (SSSR count). The number of nitrogens with zero attached hydrogens (tertiary/aromatic N) is 1. The van der Waals surface area contributed by atoms with Crippen molar-refractivity contribution in [2.24, 2.45) is 11.7 Å². The SMILES string of the molecule is CC1CC(=O)N(C(CS(C)(=O)=O)C(N)=O)C1=O. The highest BCUT2D eigenvalue weighted by atomic mass is 32.2. The highest BCUT2D eigenvalue weighted by Crippen LogP contribution is 2.21. The van der Waals surface area contributed by atoms with Crippen LogP contribution in [0.5, 0.6) is 0 Å². The van der Waals surface area contributed by atoms with Gasteiger partial charge < -0.3 is 5.73 Å². The monoisotopic (exact) mass is 262 g/mol. The molecule has 0 bridgehead atoms. The van der Waals surface area contributed by atoms with Crippen molar-refractivity contribution in [2.75, 3.05) is 12.0 Å². The van der Waals surface area contributed by atoms with Crippen molar-refractivity contribution >= 4 is 27.6 Å². The van der Waals surface area contributed by atoms with Crippen LogP contribution in [0, 0.1) is 5.92 Å². The molecule has 1 aliphatic rings. The molecule has 2 atom stereocenters. The average Bonchev–Trinajstić information content (AvgIpc) is 2.36. The Morgan fingerprint density at radius 3 is 2.35 bits per heavy atom. The third-order valence-electron chi connectivity index (χ3n) is 2.51. The molecule has 1 saturated heterocycles. The summed E-state index contributed by atoms with van der Waals surface area (Å²) >= 11 is 0. The van der Waals surface area contributed by atoms with E-state index < -0.39 is 45.3 Å². The molecule has 3 amide bonds. The van der Waals surface area contributed by atoms with Crippen molar-refractivity contribution in [3.8, 4) is 0 Å². The van der Waals surface area contributed by atoms with Gasteiger partial charge >= 0.3 is 0 Å². The molecular weight excluding hydrogens is 248 g/mol. The third-order valence-corrected chi connectivity index (χ3v) is 3.43. The summed E-state index contributed by atoms with van der Waals surface area (Å²) in [6.07, 6.45) is 0.893. The first-order valence-electron chi connectivity index (χ1n) is 4.96. The molecule has 7 nitrogen and oxygen atoms in total. The highest BCUT2D eigenvalue weighted by Gasteiger charge is 2.43. The van der Waals surface area contributed by atoms with E-state index in [-0.39, 0.29) is 6.42 Å². The Balaban J connectivity index is 3.04. The van der Waals surface area contributed by atoms with E-state index in [1.165, 1.54) is 0 Å². The second-order valence-electron chi connectivity index (χ2n) is 4.22. The number of hydrogen-bond donors (Lipinski definition) is 1. The van der Waals surface area contributed by atoms with E-state index in [1.54, 1.807) is 6.92 Å². The molecule has 1 fully saturated rings. The molecule has 0 aromatic heterocycles. The lowest BCUT2D eigenvalue weighted by Crippen LogP contribution is -2.51. The number of rotatable bonds is 4. The first-order valence-corrected chi connectivity index (χ1v) is 7.02. The number of carbonyl (C=O) groups is 3. The number of carbonyl (C=O) groups excluding carboxylic acids is 3. The van der Waals surface area contributed by atoms with E-state index in [2.05, 4.69) is 0 Å². The fourth-order valence-electron chi connectivity index (χ4n) is 1.71. The topological polar surface area (TPSA) is 115 Å². The van der Waals surface area contributed by atoms with Crippen molar-refractivity contribution in [1.82, 2.24) is 4.90 Å². The number of nitrogens with two attached hydrogens (primary N) is 1. The molecule has 0 aromatic carbocycles. The number of hydrogen-bond acceptors (Lipinski definition) is 5. The lowest BCUT2D eigenvalue weighted by molar-refractivity contribution is -0.145. The van der Waals surface area contributed by atoms with Crippen molar-refractivity contribution in [3.05, 3.63) is 0 Å². The molecule has 0 aliphatic carbocycles. The average molecular weight is 262 g/mol. The van der Waals surface area contributed by atoms with Gasteiger partial charge in [-0.05, 0) is 0 Å². The van der Waals surface area contributed by atoms with Crippen LogP contribution >= 0.6 is 0 Å². The Bertz CT molecular complexity index is 470. The Morgan fingerprint density at radius 1 is 1.53 bits per heavy atom. The van der Waals surface area contributed by atoms with E-state index >= 15 is 0 Å². The lowest BCUT2D eigenvalue weighted by atomic mass is 10.1. The van der Waals surface area contributed by atoms with Gasteiger partial charge in [0.25, 0.3) is 0 Å². The zero-order valence-corrected chi connectivity index (χ0v) is 10.4. The molecule has 2 N–H and O–H groups in total. The summed E-state index contributed by atoms with van der Waals surface area (Å²) in [5, 5.41) is 0. The van der Waals surface area contributed by atoms with Gasteiger partial charge in [0, 0.05) is 18.6 Å². The standard InChI is InChI=1S/C9H14N2O5S/c1-5-3-7(12)11(9(5)14)6(8(10)13)4-17(2,15)16/h5-6H,3-4H2,1-2H3,(H2,10,13). The first-order chi connectivity index (χ1) is 7.63. The lowest BCUT2D eigenvalue weighted by Gasteiger charge is -2.22. The Morgan fingerprint density at radius 2 is 2.06 bits per heavy atom. The first kappa shape index (κ1) is 13.6. The summed E-state index contributed by atoms with van der Waals surface area (Å²) in [6.45, 7) is 1.54. The molecule has 0 radical (unpaired) electrons. The molecule has 0 saturated carbocycles. The van der Waals surface area contributed by atoms with Crippen molar-refractivity contribution < 1.29 is 22.8 Å². The van der Waals surface area contributed by atoms with Crippen LogP contribution in [-0.4, -0.2) is 49.1 Å². The molecular formula is C9H14N2O5S. The van der Waals surface area contributed by atoms with Crippen LogP contribution in [0.2, 0.25) is 0 Å². The van der Waals surface area contributed by atoms with Crippen LogP contribution in [0.1, 0.15) is 13.3 Å². The van der Waals surface area contributed by atoms with Gasteiger partial charge in [0.05, 0.1) is 5.75 Å². The van der Waals surface area contributed by atoms with Gasteiger partial charge in [0.15, 0.2) is 0 Å². The van der Waals surface area contributed by atoms with Gasteiger partial charge in [-0.2, -0.15) is 0 Å². The highest BCUT2D eigenvalue weighted by molar-refractivity contribution is 7.90. The van der Waals surface area contributed by atoms with Gasteiger partial charge in [0.2, 0.25) is 17.7 Å². The van der Waals surface area contributed by atoms with Crippen LogP contribution in [-0.2, 0) is 24.2 Å². The van der Waals surface area contributed by atoms with Gasteiger partial charge in [-0.3, -0.25) is 19.3 Å². The van der Waals surface area contributed by atoms with Crippen molar-refractivity contribution in [1.29, 1.82) is 0 Å². The van der Waals surface area contributed by atoms with E-state index in [9.17, 15) is 22.8 Å². The largest absolute Gasteiger partial charge is 0.368 e. The molecule has 96 valence electrons. The van der Waals surface area contributed by atoms with Crippen molar-refractivity contribution in [3.63, 3.8) is 0 Å². The van der Waals surface area contributed by atoms with Gasteiger partial charge in [0.1, 0.15) is 15.9 Å². The summed E-state index contributed by atoms with van der Waals surface area (Å²) in [4.78, 5) is 35.0. The van der Waals surface area contributed by atoms with Gasteiger partial charge in [-0.15, -0.1) is 0 Å². The molecule has 1 aliphatic heterocycles. The second kappa shape index (κ2) is 4.44. The minimum absolute atomic E-state index is 0.0215. The second-order valence-corrected chi connectivity index (χ2v) is 6.40. The fourth-order valence-corrected chi connectivity index (χ4v) is 2.59. The number of likely N-dealkylation sites (tertiary alicyclic amines) is 1. The maximum Gasteiger partial charge on any atom is 0.241 e. The number of imide groups is 1. The number of primary amides is 1. The van der Waals surface area contributed by atoms with E-state index in [1.807, 2.05) is 0 Å². The van der Waals surface area contributed by atoms with Crippen LogP contribution in [0.3, 0.4) is 0 Å². The predicted molar refractivity (Wildman–Crippen MR) is 58.3 cm³/mol. The van der Waals surface area contributed by atoms with Crippen LogP contribution in [0.15, 0.2) is 0 Å². The molecule has 0 aromatic rings. The van der Waals surface area contributed by atoms with E-state index in [0.29, 0.717) is 4.90 Å². The zero-order chi connectivity index (χ0) is 13.4. The number of sulfone groups is 1. The quantitative estimate of drug-likeness (QED) is 0.605. The summed E-state index contributed by atoms with van der Waals surface area (Å²) in [7, 11) is -3.52. The van der Waals surface area contributed by atoms with E-state index in [4.69, 9.17) is 5.73 Å². The maximum atomic E-state index is 11.6. The Kier molecular flexibility index (Phi) is 3.56. The normalized spacial score (nSPS) is 22.9. The molecule has 0 spiro atoms. The van der Waals surface area contributed by atoms with Gasteiger partial charge in [-0.1, -0.05) is 6.92 Å². The zero-order valence-electron chi connectivity index (χ0n) is 9.54. The molecule has 8 heteroatoms. The molecule has 1 heterocycles. The van der Waals surface area contributed by atoms with Crippen molar-refractivity contribution in [2.45, 2.75) is 19.4 Å². The maximum absolute atomic E-state index is 11.6. The minimum Gasteiger partial charge on any atom is -0.368 e. The van der Waals surface area contributed by atoms with Crippen LogP contribution < -0.4 is 5.73 Å². The molecule has 2 unspecified atom stereocenters. The third kappa shape index (κ3) is 3.02. The summed E-state index contributed by atoms with van der Waals surface area (Å²) in [5.41, 5.74) is 5.04. The summed E-state index contributed by atoms with van der Waals surface area (Å²) in [6, 6.07) is -1.41. The van der Waals surface area contributed by atoms with Crippen LogP contribution in [0.4, 0.5) is 0 Å². The number of amides is 3. The fraction of sp³-hybridized carbons (Fsp3) is 0.667. The Hall–Kier alpha value is -1.44. The smallest absolute Gasteiger partial charge is 0.241 e. The molecule has 17 heavy (non-hydrogen) atoms. The van der Waals surface area contributed by atoms with Crippen LogP contribution in [0.25, 0.3) is 0 Å². The summed E-state index contributed by atoms with van der Waals surface area (Å²) < 4.78 is 22.3. The van der Waals surface area contributed by atoms with E-state index in [0.717, 1.165) is 6.26 Å². The summed E-state index contributed by atoms with van der Waals surface area (Å²) in [5.74, 6) is -3.28.